The summed E-state index contributed by atoms with van der Waals surface area (Å²) in [5.41, 5.74) is 3.07. The lowest BCUT2D eigenvalue weighted by Crippen LogP contribution is -2.32. The number of carbonyl (C=O) groups is 1. The first kappa shape index (κ1) is 23.6. The maximum atomic E-state index is 15.1. The Bertz CT molecular complexity index is 1560. The average molecular weight is 488 g/mol. The summed E-state index contributed by atoms with van der Waals surface area (Å²) in [6, 6.07) is 14.5. The Morgan fingerprint density at radius 2 is 1.72 bits per heavy atom. The van der Waals surface area contributed by atoms with E-state index in [9.17, 15) is 9.59 Å². The van der Waals surface area contributed by atoms with E-state index in [0.717, 1.165) is 16.7 Å². The van der Waals surface area contributed by atoms with E-state index in [2.05, 4.69) is 0 Å². The van der Waals surface area contributed by atoms with Crippen molar-refractivity contribution >= 4 is 16.9 Å². The van der Waals surface area contributed by atoms with Crippen LogP contribution in [0, 0.1) is 19.7 Å². The molecule has 5 rings (SSSR count). The summed E-state index contributed by atoms with van der Waals surface area (Å²) >= 11 is 0. The van der Waals surface area contributed by atoms with Gasteiger partial charge in [-0.15, -0.1) is 0 Å². The smallest absolute Gasteiger partial charge is 0.290 e. The van der Waals surface area contributed by atoms with Crippen LogP contribution in [0.25, 0.3) is 11.0 Å². The third-order valence-corrected chi connectivity index (χ3v) is 6.70. The molecule has 2 heterocycles. The average Bonchev–Trinajstić information content (AvgIpc) is 3.13. The molecule has 0 radical (unpaired) electrons. The molecule has 1 amide bonds. The van der Waals surface area contributed by atoms with E-state index in [1.165, 1.54) is 11.0 Å². The first-order valence-electron chi connectivity index (χ1n) is 11.7. The summed E-state index contributed by atoms with van der Waals surface area (Å²) in [6.45, 7) is 3.98. The van der Waals surface area contributed by atoms with Gasteiger partial charge in [-0.1, -0.05) is 30.3 Å². The molecule has 7 heteroatoms. The first-order valence-corrected chi connectivity index (χ1v) is 11.7. The van der Waals surface area contributed by atoms with E-state index in [4.69, 9.17) is 13.9 Å². The molecule has 0 spiro atoms. The topological polar surface area (TPSA) is 69.0 Å². The molecule has 1 aliphatic heterocycles. The van der Waals surface area contributed by atoms with Crippen molar-refractivity contribution in [1.82, 2.24) is 4.90 Å². The van der Waals surface area contributed by atoms with Crippen LogP contribution in [-0.2, 0) is 6.42 Å². The Morgan fingerprint density at radius 3 is 2.44 bits per heavy atom. The molecular formula is C29H26FNO5. The number of hydrogen-bond acceptors (Lipinski definition) is 5. The number of aryl methyl sites for hydroxylation is 2. The lowest BCUT2D eigenvalue weighted by molar-refractivity contribution is 0.0728. The van der Waals surface area contributed by atoms with Crippen molar-refractivity contribution in [2.45, 2.75) is 26.3 Å². The van der Waals surface area contributed by atoms with Gasteiger partial charge in [-0.2, -0.15) is 0 Å². The van der Waals surface area contributed by atoms with Gasteiger partial charge in [0, 0.05) is 12.1 Å². The monoisotopic (exact) mass is 487 g/mol. The van der Waals surface area contributed by atoms with Crippen LogP contribution in [0.3, 0.4) is 0 Å². The van der Waals surface area contributed by atoms with Crippen molar-refractivity contribution in [1.29, 1.82) is 0 Å². The molecule has 0 saturated carbocycles. The van der Waals surface area contributed by atoms with Crippen LogP contribution >= 0.6 is 0 Å². The van der Waals surface area contributed by atoms with Crippen LogP contribution in [0.4, 0.5) is 4.39 Å². The van der Waals surface area contributed by atoms with Crippen LogP contribution in [0.15, 0.2) is 63.8 Å². The van der Waals surface area contributed by atoms with E-state index in [-0.39, 0.29) is 28.9 Å². The number of methoxy groups -OCH3 is 2. The normalized spacial score (nSPS) is 14.9. The second kappa shape index (κ2) is 9.15. The molecule has 0 bridgehead atoms. The summed E-state index contributed by atoms with van der Waals surface area (Å²) in [6.07, 6.45) is 0.455. The van der Waals surface area contributed by atoms with Crippen molar-refractivity contribution in [3.8, 4) is 11.5 Å². The van der Waals surface area contributed by atoms with E-state index in [0.29, 0.717) is 28.9 Å². The van der Waals surface area contributed by atoms with Crippen molar-refractivity contribution in [2.75, 3.05) is 20.8 Å². The number of amides is 1. The van der Waals surface area contributed by atoms with Crippen LogP contribution in [0.1, 0.15) is 44.4 Å². The van der Waals surface area contributed by atoms with E-state index < -0.39 is 17.8 Å². The molecule has 1 aromatic heterocycles. The lowest BCUT2D eigenvalue weighted by atomic mass is 9.96. The Labute approximate surface area is 207 Å². The van der Waals surface area contributed by atoms with Gasteiger partial charge in [0.05, 0.1) is 31.2 Å². The van der Waals surface area contributed by atoms with Crippen LogP contribution in [0.5, 0.6) is 11.5 Å². The molecule has 3 aromatic carbocycles. The zero-order valence-corrected chi connectivity index (χ0v) is 20.6. The fourth-order valence-electron chi connectivity index (χ4n) is 5.05. The van der Waals surface area contributed by atoms with Gasteiger partial charge in [-0.25, -0.2) is 4.39 Å². The zero-order chi connectivity index (χ0) is 25.6. The van der Waals surface area contributed by atoms with Gasteiger partial charge in [0.2, 0.25) is 5.76 Å². The van der Waals surface area contributed by atoms with Gasteiger partial charge in [0.15, 0.2) is 16.9 Å². The Balaban J connectivity index is 1.63. The van der Waals surface area contributed by atoms with Crippen LogP contribution < -0.4 is 14.9 Å². The summed E-state index contributed by atoms with van der Waals surface area (Å²) in [4.78, 5) is 28.9. The molecule has 0 saturated heterocycles. The van der Waals surface area contributed by atoms with E-state index in [1.54, 1.807) is 44.6 Å². The quantitative estimate of drug-likeness (QED) is 0.367. The molecule has 36 heavy (non-hydrogen) atoms. The molecule has 0 N–H and O–H groups in total. The van der Waals surface area contributed by atoms with Crippen molar-refractivity contribution in [3.05, 3.63) is 104 Å². The SMILES string of the molecule is COc1ccc(CCN2C(=O)c3oc4cc(C)cc(C)c4c(=O)c3[C@H]2c2ccccc2F)cc1OC. The molecule has 1 atom stereocenters. The van der Waals surface area contributed by atoms with Crippen LogP contribution in [-0.4, -0.2) is 31.6 Å². The fraction of sp³-hybridized carbons (Fsp3) is 0.241. The molecule has 4 aromatic rings. The second-order valence-electron chi connectivity index (χ2n) is 8.99. The minimum absolute atomic E-state index is 0.0296. The molecule has 0 unspecified atom stereocenters. The number of carbonyl (C=O) groups excluding carboxylic acids is 1. The molecule has 0 fully saturated rings. The van der Waals surface area contributed by atoms with Gasteiger partial charge in [0.1, 0.15) is 11.4 Å². The number of benzene rings is 3. The number of hydrogen-bond donors (Lipinski definition) is 0. The fourth-order valence-corrected chi connectivity index (χ4v) is 5.05. The van der Waals surface area contributed by atoms with E-state index in [1.807, 2.05) is 32.0 Å². The number of rotatable bonds is 6. The highest BCUT2D eigenvalue weighted by Gasteiger charge is 2.43. The maximum absolute atomic E-state index is 15.1. The minimum atomic E-state index is -0.893. The molecule has 0 aliphatic carbocycles. The highest BCUT2D eigenvalue weighted by Crippen LogP contribution is 2.39. The Morgan fingerprint density at radius 1 is 0.972 bits per heavy atom. The van der Waals surface area contributed by atoms with Gasteiger partial charge in [-0.05, 0) is 61.2 Å². The second-order valence-corrected chi connectivity index (χ2v) is 8.99. The van der Waals surface area contributed by atoms with Crippen molar-refractivity contribution in [3.63, 3.8) is 0 Å². The van der Waals surface area contributed by atoms with Crippen molar-refractivity contribution < 1.29 is 23.1 Å². The molecular weight excluding hydrogens is 461 g/mol. The summed E-state index contributed by atoms with van der Waals surface area (Å²) in [7, 11) is 3.12. The number of halogens is 1. The molecule has 184 valence electrons. The van der Waals surface area contributed by atoms with Gasteiger partial charge < -0.3 is 18.8 Å². The van der Waals surface area contributed by atoms with E-state index >= 15 is 4.39 Å². The Kier molecular flexibility index (Phi) is 6.00. The highest BCUT2D eigenvalue weighted by atomic mass is 19.1. The summed E-state index contributed by atoms with van der Waals surface area (Å²) in [5, 5.41) is 0.412. The summed E-state index contributed by atoms with van der Waals surface area (Å²) < 4.78 is 31.8. The minimum Gasteiger partial charge on any atom is -0.493 e. The highest BCUT2D eigenvalue weighted by molar-refractivity contribution is 5.99. The largest absolute Gasteiger partial charge is 0.493 e. The lowest BCUT2D eigenvalue weighted by Gasteiger charge is -2.25. The Hall–Kier alpha value is -4.13. The predicted molar refractivity (Wildman–Crippen MR) is 134 cm³/mol. The van der Waals surface area contributed by atoms with Gasteiger partial charge >= 0.3 is 0 Å². The number of fused-ring (bicyclic) bond motifs is 2. The van der Waals surface area contributed by atoms with Gasteiger partial charge in [-0.3, -0.25) is 9.59 Å². The zero-order valence-electron chi connectivity index (χ0n) is 20.6. The first-order chi connectivity index (χ1) is 17.3. The van der Waals surface area contributed by atoms with Gasteiger partial charge in [0.25, 0.3) is 5.91 Å². The standard InChI is InChI=1S/C29H26FNO5/c1-16-13-17(2)24-23(14-16)36-28-25(27(24)32)26(19-7-5-6-8-20(19)30)31(29(28)33)12-11-18-9-10-21(34-3)22(15-18)35-4/h5-10,13-15,26H,11-12H2,1-4H3/t26-/m1/s1. The molecule has 1 aliphatic rings. The predicted octanol–water partition coefficient (Wildman–Crippen LogP) is 5.35. The third-order valence-electron chi connectivity index (χ3n) is 6.70. The number of ether oxygens (including phenoxy) is 2. The summed E-state index contributed by atoms with van der Waals surface area (Å²) in [5.74, 6) is 0.224. The third kappa shape index (κ3) is 3.81. The maximum Gasteiger partial charge on any atom is 0.290 e. The van der Waals surface area contributed by atoms with Crippen molar-refractivity contribution in [2.24, 2.45) is 0 Å². The number of nitrogens with zero attached hydrogens (tertiary/aromatic N) is 1. The van der Waals surface area contributed by atoms with Crippen LogP contribution in [0.2, 0.25) is 0 Å². The molecule has 6 nitrogen and oxygen atoms in total.